The van der Waals surface area contributed by atoms with Crippen LogP contribution in [0.3, 0.4) is 0 Å². The van der Waals surface area contributed by atoms with Crippen molar-refractivity contribution in [3.63, 3.8) is 0 Å². The van der Waals surface area contributed by atoms with Gasteiger partial charge in [0.15, 0.2) is 18.1 Å². The van der Waals surface area contributed by atoms with Crippen molar-refractivity contribution in [3.8, 4) is 11.5 Å². The van der Waals surface area contributed by atoms with Gasteiger partial charge < -0.3 is 24.8 Å². The average Bonchev–Trinajstić information content (AvgIpc) is 2.89. The zero-order valence-corrected chi connectivity index (χ0v) is 20.6. The van der Waals surface area contributed by atoms with Crippen LogP contribution < -0.4 is 20.1 Å². The Kier molecular flexibility index (Phi) is 8.92. The van der Waals surface area contributed by atoms with Crippen molar-refractivity contribution in [2.45, 2.75) is 31.7 Å². The Labute approximate surface area is 211 Å². The van der Waals surface area contributed by atoms with Crippen LogP contribution in [0.1, 0.15) is 30.9 Å². The predicted octanol–water partition coefficient (Wildman–Crippen LogP) is 5.08. The standard InChI is InChI=1S/C29H33FN2O4/c1-2-35-27-17-22(11-12-26(27)36-20-28(33)32-25-9-4-3-5-10-25)19-31-21-29(13-15-34-16-14-29)23-7-6-8-24(30)18-23/h3-12,17-18,31H,2,13-16,19-21H2,1H3,(H,32,33). The van der Waals surface area contributed by atoms with Crippen LogP contribution in [-0.4, -0.2) is 38.9 Å². The van der Waals surface area contributed by atoms with Crippen LogP contribution in [0, 0.1) is 5.82 Å². The minimum absolute atomic E-state index is 0.120. The van der Waals surface area contributed by atoms with Gasteiger partial charge in [0.2, 0.25) is 0 Å². The molecule has 1 fully saturated rings. The van der Waals surface area contributed by atoms with E-state index in [0.29, 0.717) is 44.4 Å². The molecule has 7 heteroatoms. The van der Waals surface area contributed by atoms with Gasteiger partial charge in [-0.15, -0.1) is 0 Å². The van der Waals surface area contributed by atoms with E-state index in [9.17, 15) is 9.18 Å². The smallest absolute Gasteiger partial charge is 0.262 e. The molecule has 3 aromatic carbocycles. The predicted molar refractivity (Wildman–Crippen MR) is 138 cm³/mol. The second-order valence-electron chi connectivity index (χ2n) is 8.92. The lowest BCUT2D eigenvalue weighted by Gasteiger charge is -2.38. The number of nitrogens with one attached hydrogen (secondary N) is 2. The molecule has 0 aliphatic carbocycles. The highest BCUT2D eigenvalue weighted by atomic mass is 19.1. The zero-order valence-electron chi connectivity index (χ0n) is 20.6. The topological polar surface area (TPSA) is 68.8 Å². The van der Waals surface area contributed by atoms with Crippen LogP contribution in [0.5, 0.6) is 11.5 Å². The van der Waals surface area contributed by atoms with E-state index in [1.807, 2.05) is 61.5 Å². The largest absolute Gasteiger partial charge is 0.490 e. The summed E-state index contributed by atoms with van der Waals surface area (Å²) in [5.74, 6) is 0.654. The molecule has 190 valence electrons. The monoisotopic (exact) mass is 492 g/mol. The molecule has 0 saturated carbocycles. The normalized spacial score (nSPS) is 14.7. The maximum Gasteiger partial charge on any atom is 0.262 e. The number of ether oxygens (including phenoxy) is 3. The molecule has 1 heterocycles. The first-order chi connectivity index (χ1) is 17.6. The molecule has 0 radical (unpaired) electrons. The fraction of sp³-hybridized carbons (Fsp3) is 0.345. The van der Waals surface area contributed by atoms with Gasteiger partial charge in [-0.25, -0.2) is 4.39 Å². The summed E-state index contributed by atoms with van der Waals surface area (Å²) in [5, 5.41) is 6.37. The van der Waals surface area contributed by atoms with Gasteiger partial charge in [-0.2, -0.15) is 0 Å². The first kappa shape index (κ1) is 25.7. The van der Waals surface area contributed by atoms with Crippen LogP contribution in [0.25, 0.3) is 0 Å². The second kappa shape index (κ2) is 12.5. The van der Waals surface area contributed by atoms with E-state index in [1.165, 1.54) is 6.07 Å². The van der Waals surface area contributed by atoms with Gasteiger partial charge in [0.05, 0.1) is 6.61 Å². The maximum atomic E-state index is 14.0. The van der Waals surface area contributed by atoms with Crippen LogP contribution in [0.15, 0.2) is 72.8 Å². The fourth-order valence-corrected chi connectivity index (χ4v) is 4.51. The molecule has 6 nitrogen and oxygen atoms in total. The summed E-state index contributed by atoms with van der Waals surface area (Å²) in [6.45, 7) is 4.92. The first-order valence-electron chi connectivity index (χ1n) is 12.4. The molecule has 0 aromatic heterocycles. The summed E-state index contributed by atoms with van der Waals surface area (Å²) >= 11 is 0. The Morgan fingerprint density at radius 2 is 1.78 bits per heavy atom. The Balaban J connectivity index is 1.37. The number of anilines is 1. The molecule has 4 rings (SSSR count). The lowest BCUT2D eigenvalue weighted by Crippen LogP contribution is -2.42. The molecule has 1 saturated heterocycles. The highest BCUT2D eigenvalue weighted by molar-refractivity contribution is 5.91. The van der Waals surface area contributed by atoms with Gasteiger partial charge >= 0.3 is 0 Å². The molecule has 0 unspecified atom stereocenters. The molecule has 2 N–H and O–H groups in total. The number of halogens is 1. The van der Waals surface area contributed by atoms with Crippen LogP contribution >= 0.6 is 0 Å². The van der Waals surface area contributed by atoms with E-state index in [4.69, 9.17) is 14.2 Å². The number of para-hydroxylation sites is 1. The Morgan fingerprint density at radius 3 is 2.53 bits per heavy atom. The highest BCUT2D eigenvalue weighted by Gasteiger charge is 2.34. The minimum Gasteiger partial charge on any atom is -0.490 e. The molecular formula is C29H33FN2O4. The minimum atomic E-state index is -0.242. The fourth-order valence-electron chi connectivity index (χ4n) is 4.51. The maximum absolute atomic E-state index is 14.0. The van der Waals surface area contributed by atoms with Crippen molar-refractivity contribution in [1.82, 2.24) is 5.32 Å². The van der Waals surface area contributed by atoms with Crippen molar-refractivity contribution in [3.05, 3.63) is 89.7 Å². The third-order valence-corrected chi connectivity index (χ3v) is 6.40. The van der Waals surface area contributed by atoms with Crippen LogP contribution in [0.2, 0.25) is 0 Å². The van der Waals surface area contributed by atoms with E-state index < -0.39 is 0 Å². The van der Waals surface area contributed by atoms with Crippen molar-refractivity contribution >= 4 is 11.6 Å². The molecule has 3 aromatic rings. The average molecular weight is 493 g/mol. The van der Waals surface area contributed by atoms with Crippen molar-refractivity contribution in [1.29, 1.82) is 0 Å². The van der Waals surface area contributed by atoms with E-state index >= 15 is 0 Å². The van der Waals surface area contributed by atoms with Gasteiger partial charge in [0.25, 0.3) is 5.91 Å². The van der Waals surface area contributed by atoms with E-state index in [0.717, 1.165) is 29.7 Å². The SMILES string of the molecule is CCOc1cc(CNCC2(c3cccc(F)c3)CCOCC2)ccc1OCC(=O)Nc1ccccc1. The number of amides is 1. The number of rotatable bonds is 11. The summed E-state index contributed by atoms with van der Waals surface area (Å²) < 4.78 is 31.1. The zero-order chi connectivity index (χ0) is 25.2. The van der Waals surface area contributed by atoms with E-state index in [2.05, 4.69) is 10.6 Å². The van der Waals surface area contributed by atoms with Gasteiger partial charge in [-0.3, -0.25) is 4.79 Å². The number of hydrogen-bond donors (Lipinski definition) is 2. The molecule has 36 heavy (non-hydrogen) atoms. The summed E-state index contributed by atoms with van der Waals surface area (Å²) in [7, 11) is 0. The second-order valence-corrected chi connectivity index (χ2v) is 8.92. The van der Waals surface area contributed by atoms with Gasteiger partial charge in [-0.05, 0) is 67.3 Å². The van der Waals surface area contributed by atoms with Gasteiger partial charge in [-0.1, -0.05) is 36.4 Å². The molecule has 0 bridgehead atoms. The van der Waals surface area contributed by atoms with Crippen molar-refractivity contribution in [2.75, 3.05) is 38.3 Å². The van der Waals surface area contributed by atoms with Gasteiger partial charge in [0, 0.05) is 37.4 Å². The Bertz CT molecular complexity index is 1130. The molecule has 1 aliphatic heterocycles. The third-order valence-electron chi connectivity index (χ3n) is 6.40. The molecule has 0 spiro atoms. The van der Waals surface area contributed by atoms with Crippen molar-refractivity contribution < 1.29 is 23.4 Å². The lowest BCUT2D eigenvalue weighted by atomic mass is 9.74. The Morgan fingerprint density at radius 1 is 0.972 bits per heavy atom. The molecule has 0 atom stereocenters. The number of carbonyl (C=O) groups excluding carboxylic acids is 1. The lowest BCUT2D eigenvalue weighted by molar-refractivity contribution is -0.118. The number of benzene rings is 3. The van der Waals surface area contributed by atoms with E-state index in [1.54, 1.807) is 12.1 Å². The van der Waals surface area contributed by atoms with Crippen molar-refractivity contribution in [2.24, 2.45) is 0 Å². The van der Waals surface area contributed by atoms with Gasteiger partial charge in [0.1, 0.15) is 5.82 Å². The molecule has 1 amide bonds. The van der Waals surface area contributed by atoms with Crippen LogP contribution in [-0.2, 0) is 21.5 Å². The van der Waals surface area contributed by atoms with E-state index in [-0.39, 0.29) is 23.7 Å². The first-order valence-corrected chi connectivity index (χ1v) is 12.4. The highest BCUT2D eigenvalue weighted by Crippen LogP contribution is 2.35. The molecular weight excluding hydrogens is 459 g/mol. The number of hydrogen-bond acceptors (Lipinski definition) is 5. The quantitative estimate of drug-likeness (QED) is 0.391. The molecule has 1 aliphatic rings. The number of carbonyl (C=O) groups is 1. The Hall–Kier alpha value is -3.42. The summed E-state index contributed by atoms with van der Waals surface area (Å²) in [4.78, 5) is 12.3. The summed E-state index contributed by atoms with van der Waals surface area (Å²) in [5.41, 5.74) is 2.59. The summed E-state index contributed by atoms with van der Waals surface area (Å²) in [6.07, 6.45) is 1.68. The van der Waals surface area contributed by atoms with Crippen LogP contribution in [0.4, 0.5) is 10.1 Å². The third kappa shape index (κ3) is 6.83. The summed E-state index contributed by atoms with van der Waals surface area (Å²) in [6, 6.07) is 21.9.